The number of amides is 1. The first kappa shape index (κ1) is 20.6. The lowest BCUT2D eigenvalue weighted by Gasteiger charge is -2.15. The molecule has 3 rings (SSSR count). The number of nitrogens with one attached hydrogen (secondary N) is 1. The van der Waals surface area contributed by atoms with Gasteiger partial charge in [-0.05, 0) is 35.6 Å². The Morgan fingerprint density at radius 2 is 2.03 bits per heavy atom. The van der Waals surface area contributed by atoms with Crippen molar-refractivity contribution >= 4 is 5.91 Å². The highest BCUT2D eigenvalue weighted by molar-refractivity contribution is 5.80. The highest BCUT2D eigenvalue weighted by Gasteiger charge is 2.13. The molecule has 0 aliphatic heterocycles. The molecule has 0 aliphatic carbocycles. The molecule has 0 aliphatic rings. The van der Waals surface area contributed by atoms with Gasteiger partial charge in [0, 0.05) is 25.5 Å². The van der Waals surface area contributed by atoms with Crippen molar-refractivity contribution < 1.29 is 9.53 Å². The summed E-state index contributed by atoms with van der Waals surface area (Å²) in [6.07, 6.45) is 7.58. The van der Waals surface area contributed by atoms with Crippen molar-refractivity contribution in [3.63, 3.8) is 0 Å². The van der Waals surface area contributed by atoms with Crippen LogP contribution in [0.5, 0.6) is 0 Å². The number of imidazole rings is 1. The second-order valence-corrected chi connectivity index (χ2v) is 6.90. The number of nitrogens with zero attached hydrogens (tertiary/aromatic N) is 2. The fourth-order valence-electron chi connectivity index (χ4n) is 3.07. The minimum absolute atomic E-state index is 0.112. The number of hydrogen-bond donors (Lipinski definition) is 1. The van der Waals surface area contributed by atoms with Crippen molar-refractivity contribution in [2.24, 2.45) is 0 Å². The Labute approximate surface area is 172 Å². The predicted molar refractivity (Wildman–Crippen MR) is 115 cm³/mol. The predicted octanol–water partition coefficient (Wildman–Crippen LogP) is 4.20. The van der Waals surface area contributed by atoms with Crippen molar-refractivity contribution in [1.82, 2.24) is 14.9 Å². The molecular weight excluding hydrogens is 362 g/mol. The molecule has 1 atom stereocenters. The number of benzene rings is 2. The first-order valence-electron chi connectivity index (χ1n) is 9.80. The highest BCUT2D eigenvalue weighted by atomic mass is 16.5. The topological polar surface area (TPSA) is 56.1 Å². The molecule has 150 valence electrons. The lowest BCUT2D eigenvalue weighted by molar-refractivity contribution is -0.131. The molecule has 0 saturated heterocycles. The molecule has 1 heterocycles. The van der Waals surface area contributed by atoms with E-state index in [0.717, 1.165) is 29.7 Å². The fourth-order valence-corrected chi connectivity index (χ4v) is 3.07. The number of ether oxygens (including phenoxy) is 1. The minimum Gasteiger partial charge on any atom is -0.368 e. The minimum atomic E-state index is -0.482. The fraction of sp³-hybridized carbons (Fsp3) is 0.250. The second kappa shape index (κ2) is 10.4. The van der Waals surface area contributed by atoms with Crippen LogP contribution in [0.2, 0.25) is 0 Å². The van der Waals surface area contributed by atoms with Crippen LogP contribution in [0.15, 0.2) is 79.9 Å². The van der Waals surface area contributed by atoms with Gasteiger partial charge in [0.25, 0.3) is 0 Å². The normalized spacial score (nSPS) is 11.8. The molecular formula is C24H27N3O2. The van der Waals surface area contributed by atoms with Crippen molar-refractivity contribution in [2.45, 2.75) is 32.5 Å². The summed E-state index contributed by atoms with van der Waals surface area (Å²) in [4.78, 5) is 16.4. The average molecular weight is 389 g/mol. The van der Waals surface area contributed by atoms with E-state index in [1.54, 1.807) is 19.2 Å². The van der Waals surface area contributed by atoms with E-state index in [1.807, 2.05) is 35.3 Å². The molecule has 1 aromatic heterocycles. The Hall–Kier alpha value is -3.18. The lowest BCUT2D eigenvalue weighted by Crippen LogP contribution is -2.34. The Bertz CT molecular complexity index is 918. The van der Waals surface area contributed by atoms with Gasteiger partial charge in [-0.2, -0.15) is 0 Å². The Kier molecular flexibility index (Phi) is 7.36. The summed E-state index contributed by atoms with van der Waals surface area (Å²) in [5.74, 6) is -0.112. The monoisotopic (exact) mass is 389 g/mol. The van der Waals surface area contributed by atoms with Crippen molar-refractivity contribution in [2.75, 3.05) is 6.61 Å². The van der Waals surface area contributed by atoms with Crippen LogP contribution in [-0.2, 0) is 22.6 Å². The zero-order valence-corrected chi connectivity index (χ0v) is 16.8. The summed E-state index contributed by atoms with van der Waals surface area (Å²) in [6, 6.07) is 16.6. The van der Waals surface area contributed by atoms with E-state index in [9.17, 15) is 4.79 Å². The molecule has 29 heavy (non-hydrogen) atoms. The van der Waals surface area contributed by atoms with Crippen LogP contribution in [-0.4, -0.2) is 28.2 Å². The van der Waals surface area contributed by atoms with E-state index < -0.39 is 6.10 Å². The molecule has 0 bridgehead atoms. The summed E-state index contributed by atoms with van der Waals surface area (Å²) >= 11 is 0. The average Bonchev–Trinajstić information content (AvgIpc) is 3.26. The molecule has 1 N–H and O–H groups in total. The number of hydrogen-bond acceptors (Lipinski definition) is 3. The maximum absolute atomic E-state index is 12.3. The van der Waals surface area contributed by atoms with E-state index in [2.05, 4.69) is 47.2 Å². The largest absolute Gasteiger partial charge is 0.368 e. The molecule has 5 heteroatoms. The molecule has 0 radical (unpaired) electrons. The van der Waals surface area contributed by atoms with Gasteiger partial charge in [-0.25, -0.2) is 4.98 Å². The molecule has 1 unspecified atom stereocenters. The Morgan fingerprint density at radius 1 is 1.24 bits per heavy atom. The van der Waals surface area contributed by atoms with Gasteiger partial charge >= 0.3 is 0 Å². The lowest BCUT2D eigenvalue weighted by atomic mass is 9.98. The first-order valence-corrected chi connectivity index (χ1v) is 9.80. The third-order valence-corrected chi connectivity index (χ3v) is 4.72. The standard InChI is InChI=1S/C24H27N3O2/c1-3-4-15-29-19(2)24(28)26-16-22-7-5-6-8-23(22)21-11-9-20(10-12-21)17-27-14-13-25-18-27/h3,5-14,18-19H,1,4,15-17H2,2H3,(H,26,28). The SMILES string of the molecule is C=CCCOC(C)C(=O)NCc1ccccc1-c1ccc(Cn2ccnc2)cc1. The smallest absolute Gasteiger partial charge is 0.249 e. The molecule has 2 aromatic carbocycles. The summed E-state index contributed by atoms with van der Waals surface area (Å²) in [7, 11) is 0. The maximum Gasteiger partial charge on any atom is 0.249 e. The van der Waals surface area contributed by atoms with Crippen LogP contribution in [0.4, 0.5) is 0 Å². The van der Waals surface area contributed by atoms with Crippen LogP contribution in [0.25, 0.3) is 11.1 Å². The molecule has 0 fully saturated rings. The van der Waals surface area contributed by atoms with Gasteiger partial charge in [0.2, 0.25) is 5.91 Å². The summed E-state index contributed by atoms with van der Waals surface area (Å²) in [5.41, 5.74) is 4.52. The molecule has 0 spiro atoms. The van der Waals surface area contributed by atoms with Gasteiger partial charge in [-0.1, -0.05) is 54.6 Å². The molecule has 3 aromatic rings. The summed E-state index contributed by atoms with van der Waals surface area (Å²) in [6.45, 7) is 7.18. The van der Waals surface area contributed by atoms with Gasteiger partial charge in [-0.15, -0.1) is 6.58 Å². The van der Waals surface area contributed by atoms with E-state index in [-0.39, 0.29) is 5.91 Å². The van der Waals surface area contributed by atoms with Crippen LogP contribution >= 0.6 is 0 Å². The zero-order valence-electron chi connectivity index (χ0n) is 16.8. The third kappa shape index (κ3) is 5.90. The molecule has 0 saturated carbocycles. The van der Waals surface area contributed by atoms with Crippen molar-refractivity contribution in [3.05, 3.63) is 91.0 Å². The van der Waals surface area contributed by atoms with Gasteiger partial charge in [0.05, 0.1) is 12.9 Å². The first-order chi connectivity index (χ1) is 14.2. The van der Waals surface area contributed by atoms with Crippen LogP contribution < -0.4 is 5.32 Å². The van der Waals surface area contributed by atoms with Gasteiger partial charge in [-0.3, -0.25) is 4.79 Å². The van der Waals surface area contributed by atoms with Crippen LogP contribution in [0.1, 0.15) is 24.5 Å². The maximum atomic E-state index is 12.3. The van der Waals surface area contributed by atoms with E-state index in [0.29, 0.717) is 13.2 Å². The second-order valence-electron chi connectivity index (χ2n) is 6.90. The summed E-state index contributed by atoms with van der Waals surface area (Å²) < 4.78 is 7.55. The van der Waals surface area contributed by atoms with Gasteiger partial charge in [0.15, 0.2) is 0 Å². The van der Waals surface area contributed by atoms with Gasteiger partial charge in [0.1, 0.15) is 6.10 Å². The quantitative estimate of drug-likeness (QED) is 0.418. The number of carbonyl (C=O) groups excluding carboxylic acids is 1. The van der Waals surface area contributed by atoms with Crippen molar-refractivity contribution in [3.8, 4) is 11.1 Å². The molecule has 1 amide bonds. The third-order valence-electron chi connectivity index (χ3n) is 4.72. The summed E-state index contributed by atoms with van der Waals surface area (Å²) in [5, 5.41) is 2.98. The number of carbonyl (C=O) groups is 1. The molecule has 5 nitrogen and oxygen atoms in total. The zero-order chi connectivity index (χ0) is 20.5. The van der Waals surface area contributed by atoms with E-state index in [1.165, 1.54) is 5.56 Å². The Morgan fingerprint density at radius 3 is 2.76 bits per heavy atom. The highest BCUT2D eigenvalue weighted by Crippen LogP contribution is 2.24. The van der Waals surface area contributed by atoms with Crippen LogP contribution in [0, 0.1) is 0 Å². The van der Waals surface area contributed by atoms with Crippen molar-refractivity contribution in [1.29, 1.82) is 0 Å². The Balaban J connectivity index is 1.64. The van der Waals surface area contributed by atoms with Gasteiger partial charge < -0.3 is 14.6 Å². The van der Waals surface area contributed by atoms with E-state index in [4.69, 9.17) is 4.74 Å². The van der Waals surface area contributed by atoms with Crippen LogP contribution in [0.3, 0.4) is 0 Å². The number of aromatic nitrogens is 2. The number of rotatable bonds is 10. The van der Waals surface area contributed by atoms with E-state index >= 15 is 0 Å².